The van der Waals surface area contributed by atoms with Crippen LogP contribution in [0, 0.1) is 17.1 Å². The number of halogens is 2. The van der Waals surface area contributed by atoms with Crippen LogP contribution in [-0.4, -0.2) is 18.5 Å². The number of nitrogens with zero attached hydrogens (tertiary/aromatic N) is 1. The van der Waals surface area contributed by atoms with Crippen LogP contribution in [0.1, 0.15) is 15.9 Å². The molecule has 0 saturated carbocycles. The Labute approximate surface area is 136 Å². The summed E-state index contributed by atoms with van der Waals surface area (Å²) in [6.45, 7) is -0.596. The van der Waals surface area contributed by atoms with Gasteiger partial charge in [-0.2, -0.15) is 5.26 Å². The van der Waals surface area contributed by atoms with E-state index in [1.165, 1.54) is 36.4 Å². The summed E-state index contributed by atoms with van der Waals surface area (Å²) in [7, 11) is 0. The van der Waals surface area contributed by atoms with Crippen LogP contribution in [0.3, 0.4) is 0 Å². The smallest absolute Gasteiger partial charge is 0.338 e. The van der Waals surface area contributed by atoms with Crippen LogP contribution < -0.4 is 5.32 Å². The number of carbonyl (C=O) groups excluding carboxylic acids is 2. The average molecular weight is 333 g/mol. The Kier molecular flexibility index (Phi) is 5.28. The van der Waals surface area contributed by atoms with Gasteiger partial charge in [0, 0.05) is 5.02 Å². The van der Waals surface area contributed by atoms with Gasteiger partial charge < -0.3 is 10.1 Å². The first-order chi connectivity index (χ1) is 11.0. The molecule has 116 valence electrons. The van der Waals surface area contributed by atoms with Crippen LogP contribution in [0.5, 0.6) is 0 Å². The fourth-order valence-electron chi connectivity index (χ4n) is 1.71. The number of anilines is 1. The number of amides is 1. The molecule has 5 nitrogen and oxygen atoms in total. The number of carbonyl (C=O) groups is 2. The molecule has 0 aliphatic carbocycles. The largest absolute Gasteiger partial charge is 0.452 e. The van der Waals surface area contributed by atoms with Crippen LogP contribution in [0.4, 0.5) is 10.1 Å². The molecule has 0 aliphatic rings. The summed E-state index contributed by atoms with van der Waals surface area (Å²) in [5.41, 5.74) is 0.334. The van der Waals surface area contributed by atoms with Crippen molar-refractivity contribution in [1.29, 1.82) is 5.26 Å². The summed E-state index contributed by atoms with van der Waals surface area (Å²) in [6, 6.07) is 11.4. The standard InChI is InChI=1S/C16H10ClFN2O3/c17-12-4-5-13(18)14(7-12)20-15(21)9-23-16(22)11-3-1-2-10(6-11)8-19/h1-7H,9H2,(H,20,21). The highest BCUT2D eigenvalue weighted by Crippen LogP contribution is 2.19. The van der Waals surface area contributed by atoms with Crippen molar-refractivity contribution < 1.29 is 18.7 Å². The molecule has 1 amide bonds. The first-order valence-corrected chi connectivity index (χ1v) is 6.79. The highest BCUT2D eigenvalue weighted by Gasteiger charge is 2.12. The van der Waals surface area contributed by atoms with E-state index in [-0.39, 0.29) is 16.3 Å². The molecule has 0 fully saturated rings. The Morgan fingerprint density at radius 3 is 2.78 bits per heavy atom. The van der Waals surface area contributed by atoms with Gasteiger partial charge in [-0.15, -0.1) is 0 Å². The van der Waals surface area contributed by atoms with Gasteiger partial charge in [-0.3, -0.25) is 4.79 Å². The minimum absolute atomic E-state index is 0.106. The number of nitrogens with one attached hydrogen (secondary N) is 1. The second-order valence-corrected chi connectivity index (χ2v) is 4.88. The van der Waals surface area contributed by atoms with Crippen LogP contribution in [0.25, 0.3) is 0 Å². The van der Waals surface area contributed by atoms with E-state index in [0.717, 1.165) is 6.07 Å². The lowest BCUT2D eigenvalue weighted by Crippen LogP contribution is -2.21. The molecule has 0 atom stereocenters. The number of rotatable bonds is 4. The lowest BCUT2D eigenvalue weighted by atomic mass is 10.1. The molecule has 2 rings (SSSR count). The number of ether oxygens (including phenoxy) is 1. The van der Waals surface area contributed by atoms with Crippen LogP contribution >= 0.6 is 11.6 Å². The first-order valence-electron chi connectivity index (χ1n) is 6.42. The molecule has 1 N–H and O–H groups in total. The quantitative estimate of drug-likeness (QED) is 0.872. The third-order valence-corrected chi connectivity index (χ3v) is 3.00. The molecule has 0 aliphatic heterocycles. The summed E-state index contributed by atoms with van der Waals surface area (Å²) in [5.74, 6) is -2.13. The minimum atomic E-state index is -0.760. The van der Waals surface area contributed by atoms with Gasteiger partial charge in [0.15, 0.2) is 6.61 Å². The van der Waals surface area contributed by atoms with Gasteiger partial charge in [0.1, 0.15) is 5.82 Å². The second-order valence-electron chi connectivity index (χ2n) is 4.44. The van der Waals surface area contributed by atoms with Crippen molar-refractivity contribution in [3.8, 4) is 6.07 Å². The predicted octanol–water partition coefficient (Wildman–Crippen LogP) is 3.15. The average Bonchev–Trinajstić information content (AvgIpc) is 2.56. The Hall–Kier alpha value is -2.91. The Morgan fingerprint density at radius 1 is 1.26 bits per heavy atom. The molecule has 2 aromatic rings. The summed E-state index contributed by atoms with van der Waals surface area (Å²) in [4.78, 5) is 23.5. The lowest BCUT2D eigenvalue weighted by Gasteiger charge is -2.08. The fourth-order valence-corrected chi connectivity index (χ4v) is 1.88. The van der Waals surface area contributed by atoms with Crippen molar-refractivity contribution in [2.45, 2.75) is 0 Å². The van der Waals surface area contributed by atoms with E-state index < -0.39 is 24.3 Å². The molecule has 0 radical (unpaired) electrons. The van der Waals surface area contributed by atoms with Crippen molar-refractivity contribution in [3.05, 3.63) is 64.4 Å². The third kappa shape index (κ3) is 4.53. The molecular formula is C16H10ClFN2O3. The summed E-state index contributed by atoms with van der Waals surface area (Å²) < 4.78 is 18.3. The number of benzene rings is 2. The lowest BCUT2D eigenvalue weighted by molar-refractivity contribution is -0.119. The van der Waals surface area contributed by atoms with Gasteiger partial charge in [0.05, 0.1) is 22.9 Å². The molecule has 0 saturated heterocycles. The molecule has 2 aromatic carbocycles. The van der Waals surface area contributed by atoms with Crippen molar-refractivity contribution >= 4 is 29.2 Å². The van der Waals surface area contributed by atoms with E-state index in [0.29, 0.717) is 5.56 Å². The maximum Gasteiger partial charge on any atom is 0.338 e. The van der Waals surface area contributed by atoms with E-state index in [9.17, 15) is 14.0 Å². The van der Waals surface area contributed by atoms with E-state index >= 15 is 0 Å². The Balaban J connectivity index is 1.95. The molecule has 0 spiro atoms. The highest BCUT2D eigenvalue weighted by molar-refractivity contribution is 6.30. The number of hydrogen-bond donors (Lipinski definition) is 1. The topological polar surface area (TPSA) is 79.2 Å². The van der Waals surface area contributed by atoms with Crippen LogP contribution in [0.2, 0.25) is 5.02 Å². The Morgan fingerprint density at radius 2 is 2.04 bits per heavy atom. The SMILES string of the molecule is N#Cc1cccc(C(=O)OCC(=O)Nc2cc(Cl)ccc2F)c1. The van der Waals surface area contributed by atoms with Crippen molar-refractivity contribution in [2.75, 3.05) is 11.9 Å². The van der Waals surface area contributed by atoms with Gasteiger partial charge >= 0.3 is 5.97 Å². The zero-order valence-corrected chi connectivity index (χ0v) is 12.4. The highest BCUT2D eigenvalue weighted by atomic mass is 35.5. The van der Waals surface area contributed by atoms with Crippen molar-refractivity contribution in [1.82, 2.24) is 0 Å². The normalized spacial score (nSPS) is 9.78. The first kappa shape index (κ1) is 16.5. The maximum absolute atomic E-state index is 13.5. The fraction of sp³-hybridized carbons (Fsp3) is 0.0625. The molecule has 0 bridgehead atoms. The number of esters is 1. The van der Waals surface area contributed by atoms with E-state index in [1.54, 1.807) is 0 Å². The number of hydrogen-bond acceptors (Lipinski definition) is 4. The Bertz CT molecular complexity index is 802. The molecule has 0 unspecified atom stereocenters. The molecule has 0 aromatic heterocycles. The van der Waals surface area contributed by atoms with E-state index in [2.05, 4.69) is 5.32 Å². The van der Waals surface area contributed by atoms with Gasteiger partial charge in [0.25, 0.3) is 5.91 Å². The summed E-state index contributed by atoms with van der Waals surface area (Å²) in [6.07, 6.45) is 0. The summed E-state index contributed by atoms with van der Waals surface area (Å²) >= 11 is 5.71. The van der Waals surface area contributed by atoms with Gasteiger partial charge in [-0.1, -0.05) is 17.7 Å². The molecule has 7 heteroatoms. The third-order valence-electron chi connectivity index (χ3n) is 2.76. The van der Waals surface area contributed by atoms with Crippen LogP contribution in [-0.2, 0) is 9.53 Å². The van der Waals surface area contributed by atoms with E-state index in [4.69, 9.17) is 21.6 Å². The van der Waals surface area contributed by atoms with Gasteiger partial charge in [-0.05, 0) is 36.4 Å². The van der Waals surface area contributed by atoms with Crippen molar-refractivity contribution in [2.24, 2.45) is 0 Å². The van der Waals surface area contributed by atoms with Crippen LogP contribution in [0.15, 0.2) is 42.5 Å². The molecule has 23 heavy (non-hydrogen) atoms. The monoisotopic (exact) mass is 332 g/mol. The predicted molar refractivity (Wildman–Crippen MR) is 81.5 cm³/mol. The van der Waals surface area contributed by atoms with Gasteiger partial charge in [0.2, 0.25) is 0 Å². The zero-order valence-electron chi connectivity index (χ0n) is 11.7. The molecule has 0 heterocycles. The second kappa shape index (κ2) is 7.38. The minimum Gasteiger partial charge on any atom is -0.452 e. The summed E-state index contributed by atoms with van der Waals surface area (Å²) in [5, 5.41) is 11.3. The number of nitriles is 1. The maximum atomic E-state index is 13.5. The zero-order chi connectivity index (χ0) is 16.8. The molecular weight excluding hydrogens is 323 g/mol. The van der Waals surface area contributed by atoms with Crippen molar-refractivity contribution in [3.63, 3.8) is 0 Å². The van der Waals surface area contributed by atoms with Gasteiger partial charge in [-0.25, -0.2) is 9.18 Å². The van der Waals surface area contributed by atoms with E-state index in [1.807, 2.05) is 6.07 Å².